The van der Waals surface area contributed by atoms with Crippen molar-refractivity contribution in [2.75, 3.05) is 19.1 Å². The summed E-state index contributed by atoms with van der Waals surface area (Å²) in [5.74, 6) is -5.81. The van der Waals surface area contributed by atoms with Crippen LogP contribution in [0.2, 0.25) is 0 Å². The second-order valence-corrected chi connectivity index (χ2v) is 15.2. The maximum absolute atomic E-state index is 14.1. The van der Waals surface area contributed by atoms with Gasteiger partial charge in [-0.2, -0.15) is 13.2 Å². The number of alkyl halides is 3. The van der Waals surface area contributed by atoms with E-state index in [2.05, 4.69) is 0 Å². The van der Waals surface area contributed by atoms with Crippen molar-refractivity contribution in [3.63, 3.8) is 0 Å². The zero-order valence-corrected chi connectivity index (χ0v) is 26.8. The largest absolute Gasteiger partial charge is 0.458 e. The second-order valence-electron chi connectivity index (χ2n) is 11.2. The van der Waals surface area contributed by atoms with E-state index in [-0.39, 0.29) is 57.3 Å². The SMILES string of the molecule is Cc1c(C(=O)Oc2ccc(S(C)(=O)=O)cc2)cn(CCOC(=O)C(=O)c2ccc(S(C)(=O)=O)cc2)c1C1CCCCC1C(F)(F)F. The Balaban J connectivity index is 1.57. The molecule has 1 aliphatic rings. The highest BCUT2D eigenvalue weighted by Crippen LogP contribution is 2.48. The molecule has 248 valence electrons. The van der Waals surface area contributed by atoms with Crippen molar-refractivity contribution in [3.05, 3.63) is 77.1 Å². The molecule has 0 spiro atoms. The summed E-state index contributed by atoms with van der Waals surface area (Å²) in [6.07, 6.45) is -0.125. The van der Waals surface area contributed by atoms with Gasteiger partial charge in [-0.05, 0) is 73.9 Å². The van der Waals surface area contributed by atoms with E-state index < -0.39 is 62.0 Å². The lowest BCUT2D eigenvalue weighted by Gasteiger charge is -2.34. The zero-order valence-electron chi connectivity index (χ0n) is 25.2. The molecular weight excluding hydrogens is 651 g/mol. The highest BCUT2D eigenvalue weighted by molar-refractivity contribution is 7.91. The van der Waals surface area contributed by atoms with Crippen LogP contribution in [0.5, 0.6) is 5.75 Å². The summed E-state index contributed by atoms with van der Waals surface area (Å²) in [4.78, 5) is 38.2. The van der Waals surface area contributed by atoms with Gasteiger partial charge in [-0.15, -0.1) is 0 Å². The van der Waals surface area contributed by atoms with Gasteiger partial charge >= 0.3 is 18.1 Å². The molecule has 0 N–H and O–H groups in total. The Morgan fingerprint density at radius 2 is 1.41 bits per heavy atom. The van der Waals surface area contributed by atoms with Gasteiger partial charge < -0.3 is 14.0 Å². The van der Waals surface area contributed by atoms with Gasteiger partial charge in [0.05, 0.1) is 27.8 Å². The van der Waals surface area contributed by atoms with E-state index in [1.54, 1.807) is 0 Å². The number of carbonyl (C=O) groups excluding carboxylic acids is 3. The van der Waals surface area contributed by atoms with Crippen LogP contribution in [0.4, 0.5) is 13.2 Å². The molecule has 0 radical (unpaired) electrons. The third-order valence-electron chi connectivity index (χ3n) is 7.90. The third-order valence-corrected chi connectivity index (χ3v) is 10.2. The molecule has 46 heavy (non-hydrogen) atoms. The average Bonchev–Trinajstić information content (AvgIpc) is 3.31. The minimum absolute atomic E-state index is 0.00589. The van der Waals surface area contributed by atoms with E-state index in [0.29, 0.717) is 12.8 Å². The minimum Gasteiger partial charge on any atom is -0.458 e. The first-order chi connectivity index (χ1) is 21.4. The fourth-order valence-electron chi connectivity index (χ4n) is 5.60. The molecule has 1 fully saturated rings. The standard InChI is InChI=1S/C31H32F3NO9S2/c1-19-25(29(37)44-21-10-14-23(15-11-21)46(3,41)42)18-35(27(19)24-6-4-5-7-26(24)31(32,33)34)16-17-43-30(38)28(36)20-8-12-22(13-9-20)45(2,39)40/h8-15,18,24,26H,4-7,16-17H2,1-3H3. The molecule has 1 heterocycles. The van der Waals surface area contributed by atoms with E-state index in [1.165, 1.54) is 66.2 Å². The van der Waals surface area contributed by atoms with Crippen molar-refractivity contribution in [2.45, 2.75) is 61.0 Å². The highest BCUT2D eigenvalue weighted by atomic mass is 32.2. The number of carbonyl (C=O) groups is 3. The molecule has 2 atom stereocenters. The molecule has 15 heteroatoms. The van der Waals surface area contributed by atoms with Crippen molar-refractivity contribution >= 4 is 37.4 Å². The monoisotopic (exact) mass is 683 g/mol. The van der Waals surface area contributed by atoms with E-state index in [1.807, 2.05) is 0 Å². The lowest BCUT2D eigenvalue weighted by atomic mass is 9.76. The number of benzene rings is 2. The molecule has 2 unspecified atom stereocenters. The summed E-state index contributed by atoms with van der Waals surface area (Å²) in [6.45, 7) is 0.907. The first kappa shape index (κ1) is 34.9. The fraction of sp³-hybridized carbons (Fsp3) is 0.387. The molecule has 0 amide bonds. The number of hydrogen-bond donors (Lipinski definition) is 0. The number of sulfone groups is 2. The van der Waals surface area contributed by atoms with Gasteiger partial charge in [0, 0.05) is 35.9 Å². The Hall–Kier alpha value is -3.98. The van der Waals surface area contributed by atoms with Crippen molar-refractivity contribution in [1.82, 2.24) is 4.57 Å². The van der Waals surface area contributed by atoms with Crippen LogP contribution < -0.4 is 4.74 Å². The summed E-state index contributed by atoms with van der Waals surface area (Å²) in [5, 5.41) is 0. The summed E-state index contributed by atoms with van der Waals surface area (Å²) >= 11 is 0. The summed E-state index contributed by atoms with van der Waals surface area (Å²) in [7, 11) is -7.02. The Morgan fingerprint density at radius 1 is 0.870 bits per heavy atom. The van der Waals surface area contributed by atoms with Gasteiger partial charge in [-0.1, -0.05) is 12.8 Å². The predicted octanol–water partition coefficient (Wildman–Crippen LogP) is 5.08. The molecule has 1 saturated carbocycles. The molecule has 4 rings (SSSR count). The van der Waals surface area contributed by atoms with Crippen LogP contribution in [0.1, 0.15) is 63.6 Å². The Morgan fingerprint density at radius 3 is 1.96 bits per heavy atom. The van der Waals surface area contributed by atoms with Crippen LogP contribution in [0, 0.1) is 12.8 Å². The summed E-state index contributed by atoms with van der Waals surface area (Å²) < 4.78 is 101. The Kier molecular flexibility index (Phi) is 10.2. The first-order valence-electron chi connectivity index (χ1n) is 14.2. The van der Waals surface area contributed by atoms with Crippen LogP contribution in [-0.4, -0.2) is 64.4 Å². The van der Waals surface area contributed by atoms with E-state index in [4.69, 9.17) is 9.47 Å². The van der Waals surface area contributed by atoms with Gasteiger partial charge in [-0.25, -0.2) is 26.4 Å². The quantitative estimate of drug-likeness (QED) is 0.124. The van der Waals surface area contributed by atoms with Crippen molar-refractivity contribution in [3.8, 4) is 5.75 Å². The van der Waals surface area contributed by atoms with Gasteiger partial charge in [0.1, 0.15) is 12.4 Å². The first-order valence-corrected chi connectivity index (χ1v) is 18.0. The molecule has 0 bridgehead atoms. The fourth-order valence-corrected chi connectivity index (χ4v) is 6.86. The zero-order chi connectivity index (χ0) is 34.0. The van der Waals surface area contributed by atoms with E-state index in [0.717, 1.165) is 12.5 Å². The number of halogens is 3. The predicted molar refractivity (Wildman–Crippen MR) is 159 cm³/mol. The maximum atomic E-state index is 14.1. The number of aromatic nitrogens is 1. The lowest BCUT2D eigenvalue weighted by Crippen LogP contribution is -2.33. The van der Waals surface area contributed by atoms with Crippen LogP contribution in [0.15, 0.2) is 64.5 Å². The van der Waals surface area contributed by atoms with Crippen LogP contribution >= 0.6 is 0 Å². The number of Topliss-reactive ketones (excluding diaryl/α,β-unsaturated/α-hetero) is 1. The van der Waals surface area contributed by atoms with Crippen molar-refractivity contribution in [1.29, 1.82) is 0 Å². The third kappa shape index (κ3) is 8.05. The maximum Gasteiger partial charge on any atom is 0.392 e. The molecule has 2 aromatic carbocycles. The van der Waals surface area contributed by atoms with Crippen LogP contribution in [0.25, 0.3) is 0 Å². The molecule has 1 aliphatic carbocycles. The van der Waals surface area contributed by atoms with Crippen molar-refractivity contribution < 1.29 is 53.9 Å². The number of nitrogens with zero attached hydrogens (tertiary/aromatic N) is 1. The Labute approximate surface area is 264 Å². The number of hydrogen-bond acceptors (Lipinski definition) is 9. The summed E-state index contributed by atoms with van der Waals surface area (Å²) in [5.41, 5.74) is 0.356. The van der Waals surface area contributed by atoms with Gasteiger partial charge in [-0.3, -0.25) is 4.79 Å². The summed E-state index contributed by atoms with van der Waals surface area (Å²) in [6, 6.07) is 9.76. The molecule has 3 aromatic rings. The molecule has 0 aliphatic heterocycles. The average molecular weight is 684 g/mol. The minimum atomic E-state index is -4.50. The Bertz CT molecular complexity index is 1850. The topological polar surface area (TPSA) is 143 Å². The molecule has 0 saturated heterocycles. The highest BCUT2D eigenvalue weighted by Gasteiger charge is 2.47. The number of esters is 2. The molecular formula is C31H32F3NO9S2. The van der Waals surface area contributed by atoms with Crippen molar-refractivity contribution in [2.24, 2.45) is 5.92 Å². The lowest BCUT2D eigenvalue weighted by molar-refractivity contribution is -0.187. The normalized spacial score (nSPS) is 17.3. The van der Waals surface area contributed by atoms with Gasteiger partial charge in [0.25, 0.3) is 5.78 Å². The smallest absolute Gasteiger partial charge is 0.392 e. The molecule has 10 nitrogen and oxygen atoms in total. The van der Waals surface area contributed by atoms with Gasteiger partial charge in [0.2, 0.25) is 0 Å². The van der Waals surface area contributed by atoms with Crippen LogP contribution in [-0.2, 0) is 35.8 Å². The van der Waals surface area contributed by atoms with Gasteiger partial charge in [0.15, 0.2) is 19.7 Å². The number of rotatable bonds is 10. The van der Waals surface area contributed by atoms with Crippen LogP contribution in [0.3, 0.4) is 0 Å². The second kappa shape index (κ2) is 13.4. The number of ether oxygens (including phenoxy) is 2. The number of ketones is 1. The molecule has 1 aromatic heterocycles. The van der Waals surface area contributed by atoms with E-state index in [9.17, 15) is 44.4 Å². The van der Waals surface area contributed by atoms with E-state index >= 15 is 0 Å².